The summed E-state index contributed by atoms with van der Waals surface area (Å²) in [6.45, 7) is 3.75. The van der Waals surface area contributed by atoms with Crippen molar-refractivity contribution >= 4 is 17.5 Å². The zero-order valence-electron chi connectivity index (χ0n) is 12.3. The number of allylic oxidation sites excluding steroid dienone is 3. The highest BCUT2D eigenvalue weighted by Gasteiger charge is 2.27. The van der Waals surface area contributed by atoms with Gasteiger partial charge in [-0.05, 0) is 38.1 Å². The van der Waals surface area contributed by atoms with Gasteiger partial charge in [-0.3, -0.25) is 14.6 Å². The summed E-state index contributed by atoms with van der Waals surface area (Å²) in [5, 5.41) is 2.85. The number of rotatable bonds is 1. The van der Waals surface area contributed by atoms with Crippen molar-refractivity contribution < 1.29 is 9.59 Å². The Morgan fingerprint density at radius 1 is 1.36 bits per heavy atom. The number of carbonyl (C=O) groups is 2. The maximum atomic E-state index is 12.1. The van der Waals surface area contributed by atoms with E-state index in [1.165, 1.54) is 6.20 Å². The minimum Gasteiger partial charge on any atom is -0.325 e. The van der Waals surface area contributed by atoms with Crippen molar-refractivity contribution in [3.05, 3.63) is 65.2 Å². The molecule has 5 nitrogen and oxygen atoms in total. The van der Waals surface area contributed by atoms with Gasteiger partial charge in [-0.2, -0.15) is 0 Å². The molecule has 0 spiro atoms. The number of nitrogens with one attached hydrogen (secondary N) is 1. The molecule has 1 aliphatic heterocycles. The number of aromatic nitrogens is 1. The van der Waals surface area contributed by atoms with Crippen LogP contribution in [0.15, 0.2) is 64.6 Å². The Morgan fingerprint density at radius 3 is 2.91 bits per heavy atom. The van der Waals surface area contributed by atoms with Crippen molar-refractivity contribution in [3.63, 3.8) is 0 Å². The molecule has 1 aliphatic carbocycles. The summed E-state index contributed by atoms with van der Waals surface area (Å²) in [6.07, 6.45) is 8.58. The van der Waals surface area contributed by atoms with E-state index in [4.69, 9.17) is 0 Å². The maximum Gasteiger partial charge on any atom is 0.279 e. The molecule has 1 unspecified atom stereocenters. The van der Waals surface area contributed by atoms with Gasteiger partial charge in [0.25, 0.3) is 11.8 Å². The summed E-state index contributed by atoms with van der Waals surface area (Å²) < 4.78 is 0. The maximum absolute atomic E-state index is 12.1. The fourth-order valence-electron chi connectivity index (χ4n) is 2.46. The Balaban J connectivity index is 1.90. The van der Waals surface area contributed by atoms with Gasteiger partial charge in [0.05, 0.1) is 11.3 Å². The van der Waals surface area contributed by atoms with Crippen LogP contribution in [0.25, 0.3) is 0 Å². The SMILES string of the molecule is CC1=C(C)C2C=CC(=NC(=O)c3cccnc3)C=C2NC1=O. The summed E-state index contributed by atoms with van der Waals surface area (Å²) in [4.78, 5) is 31.9. The number of fused-ring (bicyclic) bond motifs is 1. The van der Waals surface area contributed by atoms with Crippen LogP contribution in [0.2, 0.25) is 0 Å². The second kappa shape index (κ2) is 5.52. The number of nitrogens with zero attached hydrogens (tertiary/aromatic N) is 2. The number of pyridine rings is 1. The average Bonchev–Trinajstić information content (AvgIpc) is 2.53. The molecule has 1 aromatic rings. The highest BCUT2D eigenvalue weighted by atomic mass is 16.2. The summed E-state index contributed by atoms with van der Waals surface area (Å²) >= 11 is 0. The van der Waals surface area contributed by atoms with Gasteiger partial charge < -0.3 is 5.32 Å². The zero-order chi connectivity index (χ0) is 15.7. The standard InChI is InChI=1S/C17H15N3O2/c1-10-11(2)16(21)20-15-8-13(5-6-14(10)15)19-17(22)12-4-3-7-18-9-12/h3-9,14H,1-2H3,(H,20,21). The van der Waals surface area contributed by atoms with Gasteiger partial charge in [0, 0.05) is 29.6 Å². The van der Waals surface area contributed by atoms with Gasteiger partial charge in [0.1, 0.15) is 0 Å². The number of carbonyl (C=O) groups excluding carboxylic acids is 2. The Morgan fingerprint density at radius 2 is 2.18 bits per heavy atom. The molecule has 0 radical (unpaired) electrons. The van der Waals surface area contributed by atoms with Crippen LogP contribution in [0, 0.1) is 5.92 Å². The first-order valence-electron chi connectivity index (χ1n) is 6.98. The Labute approximate surface area is 128 Å². The molecular weight excluding hydrogens is 278 g/mol. The molecule has 2 amide bonds. The lowest BCUT2D eigenvalue weighted by molar-refractivity contribution is -0.117. The first-order valence-corrected chi connectivity index (χ1v) is 6.98. The molecule has 0 bridgehead atoms. The van der Waals surface area contributed by atoms with Gasteiger partial charge in [-0.15, -0.1) is 0 Å². The summed E-state index contributed by atoms with van der Waals surface area (Å²) in [5.41, 5.74) is 3.46. The van der Waals surface area contributed by atoms with Gasteiger partial charge in [-0.25, -0.2) is 4.99 Å². The van der Waals surface area contributed by atoms with Gasteiger partial charge in [0.15, 0.2) is 0 Å². The van der Waals surface area contributed by atoms with E-state index in [0.29, 0.717) is 11.3 Å². The number of aliphatic imine (C=N–C) groups is 1. The second-order valence-corrected chi connectivity index (χ2v) is 5.28. The molecule has 3 rings (SSSR count). The Kier molecular flexibility index (Phi) is 3.55. The Bertz CT molecular complexity index is 770. The molecule has 0 aromatic carbocycles. The van der Waals surface area contributed by atoms with Crippen molar-refractivity contribution in [1.29, 1.82) is 0 Å². The van der Waals surface area contributed by atoms with Crippen LogP contribution in [0.5, 0.6) is 0 Å². The molecule has 1 N–H and O–H groups in total. The predicted octanol–water partition coefficient (Wildman–Crippen LogP) is 2.20. The van der Waals surface area contributed by atoms with Crippen molar-refractivity contribution in [1.82, 2.24) is 10.3 Å². The quantitative estimate of drug-likeness (QED) is 0.862. The molecule has 0 fully saturated rings. The topological polar surface area (TPSA) is 71.4 Å². The third-order valence-corrected chi connectivity index (χ3v) is 3.89. The fourth-order valence-corrected chi connectivity index (χ4v) is 2.46. The zero-order valence-corrected chi connectivity index (χ0v) is 12.3. The summed E-state index contributed by atoms with van der Waals surface area (Å²) in [6, 6.07) is 3.36. The van der Waals surface area contributed by atoms with Crippen LogP contribution >= 0.6 is 0 Å². The highest BCUT2D eigenvalue weighted by Crippen LogP contribution is 2.29. The van der Waals surface area contributed by atoms with E-state index in [0.717, 1.165) is 16.8 Å². The van der Waals surface area contributed by atoms with Gasteiger partial charge in [-0.1, -0.05) is 11.6 Å². The lowest BCUT2D eigenvalue weighted by Gasteiger charge is -2.28. The molecule has 22 heavy (non-hydrogen) atoms. The van der Waals surface area contributed by atoms with Crippen molar-refractivity contribution in [2.45, 2.75) is 13.8 Å². The van der Waals surface area contributed by atoms with Gasteiger partial charge >= 0.3 is 0 Å². The predicted molar refractivity (Wildman–Crippen MR) is 83.2 cm³/mol. The molecule has 0 saturated heterocycles. The lowest BCUT2D eigenvalue weighted by Crippen LogP contribution is -2.35. The van der Waals surface area contributed by atoms with E-state index >= 15 is 0 Å². The lowest BCUT2D eigenvalue weighted by atomic mass is 9.85. The highest BCUT2D eigenvalue weighted by molar-refractivity contribution is 6.14. The smallest absolute Gasteiger partial charge is 0.279 e. The van der Waals surface area contributed by atoms with Gasteiger partial charge in [0.2, 0.25) is 0 Å². The molecule has 0 saturated carbocycles. The monoisotopic (exact) mass is 293 g/mol. The molecule has 2 heterocycles. The van der Waals surface area contributed by atoms with E-state index in [1.54, 1.807) is 30.5 Å². The largest absolute Gasteiger partial charge is 0.325 e. The number of hydrogen-bond donors (Lipinski definition) is 1. The summed E-state index contributed by atoms with van der Waals surface area (Å²) in [5.74, 6) is -0.410. The first-order chi connectivity index (χ1) is 10.6. The van der Waals surface area contributed by atoms with E-state index in [2.05, 4.69) is 15.3 Å². The van der Waals surface area contributed by atoms with Crippen LogP contribution in [-0.4, -0.2) is 22.5 Å². The molecule has 1 atom stereocenters. The molecule has 2 aliphatic rings. The average molecular weight is 293 g/mol. The molecule has 1 aromatic heterocycles. The normalized spacial score (nSPS) is 22.3. The minimum atomic E-state index is -0.353. The third kappa shape index (κ3) is 2.53. The summed E-state index contributed by atoms with van der Waals surface area (Å²) in [7, 11) is 0. The van der Waals surface area contributed by atoms with Crippen molar-refractivity contribution in [2.75, 3.05) is 0 Å². The van der Waals surface area contributed by atoms with E-state index in [-0.39, 0.29) is 17.7 Å². The minimum absolute atomic E-state index is 0.0464. The van der Waals surface area contributed by atoms with Crippen molar-refractivity contribution in [2.24, 2.45) is 10.9 Å². The molecule has 5 heteroatoms. The fraction of sp³-hybridized carbons (Fsp3) is 0.176. The van der Waals surface area contributed by atoms with E-state index in [1.807, 2.05) is 19.9 Å². The van der Waals surface area contributed by atoms with E-state index in [9.17, 15) is 9.59 Å². The molecule has 110 valence electrons. The van der Waals surface area contributed by atoms with Crippen LogP contribution in [-0.2, 0) is 4.79 Å². The van der Waals surface area contributed by atoms with Crippen LogP contribution < -0.4 is 5.32 Å². The first kappa shape index (κ1) is 14.1. The third-order valence-electron chi connectivity index (χ3n) is 3.89. The van der Waals surface area contributed by atoms with E-state index < -0.39 is 0 Å². The van der Waals surface area contributed by atoms with Crippen LogP contribution in [0.4, 0.5) is 0 Å². The number of amides is 2. The Hall–Kier alpha value is -2.82. The molecular formula is C17H15N3O2. The van der Waals surface area contributed by atoms with Crippen LogP contribution in [0.3, 0.4) is 0 Å². The van der Waals surface area contributed by atoms with Crippen molar-refractivity contribution in [3.8, 4) is 0 Å². The number of hydrogen-bond acceptors (Lipinski definition) is 3. The second-order valence-electron chi connectivity index (χ2n) is 5.28. The van der Waals surface area contributed by atoms with Crippen LogP contribution in [0.1, 0.15) is 24.2 Å².